The molecule has 0 amide bonds. The predicted molar refractivity (Wildman–Crippen MR) is 279 cm³/mol. The van der Waals surface area contributed by atoms with Crippen molar-refractivity contribution >= 4 is 19.8 Å². The fourth-order valence-corrected chi connectivity index (χ4v) is 9.61. The van der Waals surface area contributed by atoms with Crippen molar-refractivity contribution in [3.8, 4) is 0 Å². The normalized spacial score (nSPS) is 13.4. The van der Waals surface area contributed by atoms with Crippen LogP contribution in [0.5, 0.6) is 0 Å². The Kier molecular flexibility index (Phi) is 52.0. The molecule has 10 nitrogen and oxygen atoms in total. The van der Waals surface area contributed by atoms with Gasteiger partial charge in [0.2, 0.25) is 0 Å². The van der Waals surface area contributed by atoms with E-state index in [0.29, 0.717) is 12.8 Å². The molecule has 400 valence electrons. The van der Waals surface area contributed by atoms with Crippen molar-refractivity contribution in [1.82, 2.24) is 0 Å². The summed E-state index contributed by atoms with van der Waals surface area (Å²) in [6, 6.07) is 0. The van der Waals surface area contributed by atoms with Crippen molar-refractivity contribution in [2.24, 2.45) is 0 Å². The molecule has 0 aromatic rings. The van der Waals surface area contributed by atoms with E-state index >= 15 is 0 Å². The lowest BCUT2D eigenvalue weighted by molar-refractivity contribution is -0.161. The van der Waals surface area contributed by atoms with Crippen LogP contribution in [-0.2, 0) is 32.7 Å². The van der Waals surface area contributed by atoms with Gasteiger partial charge < -0.3 is 24.6 Å². The number of aliphatic hydroxyl groups is 2. The molecule has 0 fully saturated rings. The number of carbonyl (C=O) groups excluding carboxylic acids is 2. The lowest BCUT2D eigenvalue weighted by atomic mass is 10.0. The van der Waals surface area contributed by atoms with Gasteiger partial charge in [-0.05, 0) is 12.8 Å². The van der Waals surface area contributed by atoms with Gasteiger partial charge in [0.05, 0.1) is 19.8 Å². The Morgan fingerprint density at radius 1 is 0.388 bits per heavy atom. The first-order valence-electron chi connectivity index (χ1n) is 29.0. The van der Waals surface area contributed by atoms with Gasteiger partial charge in [-0.2, -0.15) is 0 Å². The highest BCUT2D eigenvalue weighted by molar-refractivity contribution is 7.47. The monoisotopic (exact) mass is 975 g/mol. The molecule has 0 aliphatic rings. The van der Waals surface area contributed by atoms with Crippen LogP contribution in [0.3, 0.4) is 0 Å². The van der Waals surface area contributed by atoms with Gasteiger partial charge in [0.1, 0.15) is 12.7 Å². The Morgan fingerprint density at radius 2 is 0.642 bits per heavy atom. The molecule has 67 heavy (non-hydrogen) atoms. The van der Waals surface area contributed by atoms with E-state index in [-0.39, 0.29) is 19.4 Å². The largest absolute Gasteiger partial charge is 0.472 e. The molecular weight excluding hydrogens is 864 g/mol. The molecule has 0 aromatic carbocycles. The Morgan fingerprint density at radius 3 is 0.925 bits per heavy atom. The zero-order valence-electron chi connectivity index (χ0n) is 44.2. The summed E-state index contributed by atoms with van der Waals surface area (Å²) in [5.41, 5.74) is 0. The maximum absolute atomic E-state index is 12.7. The summed E-state index contributed by atoms with van der Waals surface area (Å²) in [4.78, 5) is 35.3. The van der Waals surface area contributed by atoms with Gasteiger partial charge in [0.25, 0.3) is 0 Å². The van der Waals surface area contributed by atoms with Crippen molar-refractivity contribution in [3.05, 3.63) is 0 Å². The van der Waals surface area contributed by atoms with Crippen LogP contribution in [0.15, 0.2) is 0 Å². The number of rotatable bonds is 56. The number of hydrogen-bond donors (Lipinski definition) is 3. The fraction of sp³-hybridized carbons (Fsp3) is 0.964. The maximum Gasteiger partial charge on any atom is 0.472 e. The molecular formula is C56H111O10P. The minimum atomic E-state index is -4.62. The van der Waals surface area contributed by atoms with Gasteiger partial charge in [-0.25, -0.2) is 4.57 Å². The van der Waals surface area contributed by atoms with Gasteiger partial charge in [-0.1, -0.05) is 284 Å². The summed E-state index contributed by atoms with van der Waals surface area (Å²) in [5, 5.41) is 18.4. The van der Waals surface area contributed by atoms with E-state index in [0.717, 1.165) is 32.1 Å². The van der Waals surface area contributed by atoms with E-state index < -0.39 is 51.8 Å². The lowest BCUT2D eigenvalue weighted by Gasteiger charge is -2.20. The highest BCUT2D eigenvalue weighted by Crippen LogP contribution is 2.43. The Labute approximate surface area is 414 Å². The molecule has 0 aliphatic carbocycles. The molecule has 0 aromatic heterocycles. The van der Waals surface area contributed by atoms with Crippen molar-refractivity contribution in [3.63, 3.8) is 0 Å². The number of phosphoric ester groups is 1. The van der Waals surface area contributed by atoms with Crippen molar-refractivity contribution in [2.75, 3.05) is 26.4 Å². The summed E-state index contributed by atoms with van der Waals surface area (Å²) in [6.07, 6.45) is 55.1. The molecule has 0 aliphatic heterocycles. The molecule has 0 rings (SSSR count). The zero-order chi connectivity index (χ0) is 49.0. The Hall–Kier alpha value is -1.03. The van der Waals surface area contributed by atoms with Gasteiger partial charge >= 0.3 is 19.8 Å². The number of carbonyl (C=O) groups is 2. The van der Waals surface area contributed by atoms with Gasteiger partial charge in [-0.15, -0.1) is 0 Å². The number of hydrogen-bond acceptors (Lipinski definition) is 9. The molecule has 0 radical (unpaired) electrons. The molecule has 0 heterocycles. The van der Waals surface area contributed by atoms with Crippen LogP contribution >= 0.6 is 7.82 Å². The SMILES string of the molecule is CCCCCCCCCCCCCCCCCCCCCCCCC(=O)OCC(COP(=O)(O)OCC(O)CO)OC(=O)CCCCCCCCCCCCCCCCCCCCCCCC. The molecule has 0 bridgehead atoms. The molecule has 3 unspecified atom stereocenters. The van der Waals surface area contributed by atoms with Crippen LogP contribution < -0.4 is 0 Å². The minimum absolute atomic E-state index is 0.193. The van der Waals surface area contributed by atoms with Crippen molar-refractivity contribution in [2.45, 2.75) is 321 Å². The van der Waals surface area contributed by atoms with Crippen molar-refractivity contribution in [1.29, 1.82) is 0 Å². The second kappa shape index (κ2) is 52.8. The van der Waals surface area contributed by atoms with Crippen molar-refractivity contribution < 1.29 is 47.8 Å². The fourth-order valence-electron chi connectivity index (χ4n) is 8.82. The van der Waals surface area contributed by atoms with Crippen LogP contribution in [0.25, 0.3) is 0 Å². The van der Waals surface area contributed by atoms with E-state index in [1.807, 2.05) is 0 Å². The molecule has 11 heteroatoms. The first-order chi connectivity index (χ1) is 32.7. The molecule has 3 atom stereocenters. The first kappa shape index (κ1) is 66.0. The summed E-state index contributed by atoms with van der Waals surface area (Å²) < 4.78 is 33.0. The predicted octanol–water partition coefficient (Wildman–Crippen LogP) is 16.9. The van der Waals surface area contributed by atoms with Crippen LogP contribution in [0.2, 0.25) is 0 Å². The van der Waals surface area contributed by atoms with Crippen LogP contribution in [0.1, 0.15) is 309 Å². The minimum Gasteiger partial charge on any atom is -0.462 e. The summed E-state index contributed by atoms with van der Waals surface area (Å²) in [7, 11) is -4.62. The van der Waals surface area contributed by atoms with Gasteiger partial charge in [0, 0.05) is 12.8 Å². The van der Waals surface area contributed by atoms with E-state index in [1.54, 1.807) is 0 Å². The van der Waals surface area contributed by atoms with Gasteiger partial charge in [0.15, 0.2) is 6.10 Å². The summed E-state index contributed by atoms with van der Waals surface area (Å²) in [6.45, 7) is 2.48. The second-order valence-corrected chi connectivity index (χ2v) is 21.5. The maximum atomic E-state index is 12.7. The zero-order valence-corrected chi connectivity index (χ0v) is 45.1. The van der Waals surface area contributed by atoms with E-state index in [2.05, 4.69) is 13.8 Å². The first-order valence-corrected chi connectivity index (χ1v) is 30.5. The standard InChI is InChI=1S/C56H111O10P/c1-3-5-7-9-11-13-15-17-19-21-23-25-27-29-31-33-35-37-39-41-43-45-47-55(59)63-51-54(52-65-67(61,62)64-50-53(58)49-57)66-56(60)48-46-44-42-40-38-36-34-32-30-28-26-24-22-20-18-16-14-12-10-8-6-4-2/h53-54,57-58H,3-52H2,1-2H3,(H,61,62). The molecule has 0 saturated carbocycles. The molecule has 0 saturated heterocycles. The molecule has 3 N–H and O–H groups in total. The van der Waals surface area contributed by atoms with E-state index in [4.69, 9.17) is 23.6 Å². The van der Waals surface area contributed by atoms with E-state index in [9.17, 15) is 24.2 Å². The highest BCUT2D eigenvalue weighted by Gasteiger charge is 2.27. The number of unbranched alkanes of at least 4 members (excludes halogenated alkanes) is 42. The average Bonchev–Trinajstić information content (AvgIpc) is 3.32. The number of ether oxygens (including phenoxy) is 2. The number of esters is 2. The Balaban J connectivity index is 4.04. The smallest absolute Gasteiger partial charge is 0.462 e. The lowest BCUT2D eigenvalue weighted by Crippen LogP contribution is -2.29. The number of aliphatic hydroxyl groups excluding tert-OH is 2. The van der Waals surface area contributed by atoms with Crippen LogP contribution in [0.4, 0.5) is 0 Å². The topological polar surface area (TPSA) is 149 Å². The highest BCUT2D eigenvalue weighted by atomic mass is 31.2. The van der Waals surface area contributed by atoms with Crippen LogP contribution in [-0.4, -0.2) is 65.7 Å². The summed E-state index contributed by atoms with van der Waals surface area (Å²) >= 11 is 0. The van der Waals surface area contributed by atoms with Gasteiger partial charge in [-0.3, -0.25) is 18.6 Å². The Bertz CT molecular complexity index is 1080. The third-order valence-electron chi connectivity index (χ3n) is 13.3. The van der Waals surface area contributed by atoms with E-state index in [1.165, 1.54) is 238 Å². The molecule has 0 spiro atoms. The second-order valence-electron chi connectivity index (χ2n) is 20.0. The van der Waals surface area contributed by atoms with Crippen LogP contribution in [0, 0.1) is 0 Å². The number of phosphoric acid groups is 1. The quantitative estimate of drug-likeness (QED) is 0.0305. The third-order valence-corrected chi connectivity index (χ3v) is 14.2. The third kappa shape index (κ3) is 52.6. The average molecular weight is 975 g/mol. The summed E-state index contributed by atoms with van der Waals surface area (Å²) in [5.74, 6) is -0.898.